The molecule has 1 aromatic rings. The van der Waals surface area contributed by atoms with Gasteiger partial charge in [0.25, 0.3) is 0 Å². The minimum Gasteiger partial charge on any atom is -0.464 e. The van der Waals surface area contributed by atoms with E-state index in [4.69, 9.17) is 9.47 Å². The van der Waals surface area contributed by atoms with Gasteiger partial charge in [-0.1, -0.05) is 6.92 Å². The van der Waals surface area contributed by atoms with Crippen LogP contribution in [-0.2, 0) is 4.74 Å². The molecule has 2 aliphatic heterocycles. The Bertz CT molecular complexity index is 472. The molecule has 1 N–H and O–H groups in total. The van der Waals surface area contributed by atoms with Crippen molar-refractivity contribution in [1.29, 1.82) is 0 Å². The van der Waals surface area contributed by atoms with Gasteiger partial charge in [0, 0.05) is 19.6 Å². The predicted molar refractivity (Wildman–Crippen MR) is 79.9 cm³/mol. The van der Waals surface area contributed by atoms with Gasteiger partial charge in [0.1, 0.15) is 0 Å². The van der Waals surface area contributed by atoms with E-state index in [2.05, 4.69) is 32.1 Å². The highest BCUT2D eigenvalue weighted by atomic mass is 16.5. The number of fused-ring (bicyclic) bond motifs is 2. The van der Waals surface area contributed by atoms with Gasteiger partial charge in [-0.25, -0.2) is 0 Å². The molecule has 1 aromatic heterocycles. The molecular weight excluding hydrogens is 270 g/mol. The maximum absolute atomic E-state index is 5.86. The van der Waals surface area contributed by atoms with Crippen molar-refractivity contribution in [2.45, 2.75) is 45.3 Å². The molecule has 116 valence electrons. The fourth-order valence-corrected chi connectivity index (χ4v) is 2.77. The standard InChI is InChI=1S/C14H23N5O2/c1-3-7-15-12-16-13(18-14(17-12)20-4-2)19-8-10-5-6-11(9-19)21-10/h10-11H,3-9H2,1-2H3,(H,15,16,17,18). The summed E-state index contributed by atoms with van der Waals surface area (Å²) in [5.74, 6) is 1.27. The van der Waals surface area contributed by atoms with E-state index in [0.29, 0.717) is 36.7 Å². The molecule has 3 rings (SSSR count). The van der Waals surface area contributed by atoms with Crippen LogP contribution in [0.5, 0.6) is 6.01 Å². The van der Waals surface area contributed by atoms with E-state index in [9.17, 15) is 0 Å². The summed E-state index contributed by atoms with van der Waals surface area (Å²) in [6.07, 6.45) is 3.90. The average Bonchev–Trinajstić information content (AvgIpc) is 2.83. The quantitative estimate of drug-likeness (QED) is 0.851. The van der Waals surface area contributed by atoms with Crippen molar-refractivity contribution in [3.8, 4) is 6.01 Å². The second-order valence-electron chi connectivity index (χ2n) is 5.46. The van der Waals surface area contributed by atoms with Gasteiger partial charge in [-0.05, 0) is 26.2 Å². The molecule has 7 heteroatoms. The van der Waals surface area contributed by atoms with Gasteiger partial charge in [-0.15, -0.1) is 0 Å². The maximum atomic E-state index is 5.86. The van der Waals surface area contributed by atoms with Crippen molar-refractivity contribution in [1.82, 2.24) is 15.0 Å². The van der Waals surface area contributed by atoms with E-state index in [1.165, 1.54) is 0 Å². The van der Waals surface area contributed by atoms with Crippen LogP contribution in [0.1, 0.15) is 33.1 Å². The first-order valence-corrected chi connectivity index (χ1v) is 7.81. The third-order valence-electron chi connectivity index (χ3n) is 3.74. The van der Waals surface area contributed by atoms with Crippen LogP contribution >= 0.6 is 0 Å². The summed E-state index contributed by atoms with van der Waals surface area (Å²) < 4.78 is 11.3. The monoisotopic (exact) mass is 293 g/mol. The molecule has 2 fully saturated rings. The van der Waals surface area contributed by atoms with Gasteiger partial charge >= 0.3 is 6.01 Å². The zero-order valence-corrected chi connectivity index (χ0v) is 12.7. The summed E-state index contributed by atoms with van der Waals surface area (Å²) in [5, 5.41) is 3.21. The molecule has 7 nitrogen and oxygen atoms in total. The Morgan fingerprint density at radius 2 is 1.95 bits per heavy atom. The fourth-order valence-electron chi connectivity index (χ4n) is 2.77. The summed E-state index contributed by atoms with van der Waals surface area (Å²) in [5.41, 5.74) is 0. The van der Waals surface area contributed by atoms with Crippen LogP contribution in [0.2, 0.25) is 0 Å². The Hall–Kier alpha value is -1.63. The topological polar surface area (TPSA) is 72.4 Å². The Kier molecular flexibility index (Phi) is 4.38. The highest BCUT2D eigenvalue weighted by Crippen LogP contribution is 2.28. The van der Waals surface area contributed by atoms with E-state index in [1.807, 2.05) is 6.92 Å². The number of anilines is 2. The highest BCUT2D eigenvalue weighted by Gasteiger charge is 2.35. The lowest BCUT2D eigenvalue weighted by Crippen LogP contribution is -2.43. The molecule has 21 heavy (non-hydrogen) atoms. The molecule has 2 unspecified atom stereocenters. The molecule has 2 saturated heterocycles. The van der Waals surface area contributed by atoms with Gasteiger partial charge in [0.05, 0.1) is 18.8 Å². The van der Waals surface area contributed by atoms with Crippen LogP contribution < -0.4 is 15.0 Å². The van der Waals surface area contributed by atoms with Crippen molar-refractivity contribution in [3.05, 3.63) is 0 Å². The van der Waals surface area contributed by atoms with Crippen LogP contribution in [0.15, 0.2) is 0 Å². The summed E-state index contributed by atoms with van der Waals surface area (Å²) in [6.45, 7) is 7.11. The van der Waals surface area contributed by atoms with Crippen LogP contribution in [0.25, 0.3) is 0 Å². The molecular formula is C14H23N5O2. The lowest BCUT2D eigenvalue weighted by atomic mass is 10.2. The predicted octanol–water partition coefficient (Wildman–Crippen LogP) is 1.46. The molecule has 0 spiro atoms. The number of nitrogens with one attached hydrogen (secondary N) is 1. The number of rotatable bonds is 6. The molecule has 0 radical (unpaired) electrons. The van der Waals surface area contributed by atoms with Gasteiger partial charge in [-0.3, -0.25) is 0 Å². The van der Waals surface area contributed by atoms with E-state index in [1.54, 1.807) is 0 Å². The smallest absolute Gasteiger partial charge is 0.323 e. The third kappa shape index (κ3) is 3.34. The third-order valence-corrected chi connectivity index (χ3v) is 3.74. The Labute approximate surface area is 125 Å². The first-order valence-electron chi connectivity index (χ1n) is 7.81. The van der Waals surface area contributed by atoms with Gasteiger partial charge in [-0.2, -0.15) is 15.0 Å². The van der Waals surface area contributed by atoms with Crippen LogP contribution in [0.4, 0.5) is 11.9 Å². The molecule has 0 amide bonds. The zero-order chi connectivity index (χ0) is 14.7. The fraction of sp³-hybridized carbons (Fsp3) is 0.786. The van der Waals surface area contributed by atoms with E-state index < -0.39 is 0 Å². The Morgan fingerprint density at radius 1 is 1.19 bits per heavy atom. The molecule has 0 saturated carbocycles. The van der Waals surface area contributed by atoms with E-state index in [0.717, 1.165) is 38.9 Å². The minimum absolute atomic E-state index is 0.308. The summed E-state index contributed by atoms with van der Waals surface area (Å²) in [7, 11) is 0. The summed E-state index contributed by atoms with van der Waals surface area (Å²) in [6, 6.07) is 0.389. The normalized spacial score (nSPS) is 24.2. The molecule has 2 atom stereocenters. The van der Waals surface area contributed by atoms with Crippen molar-refractivity contribution >= 4 is 11.9 Å². The molecule has 2 bridgehead atoms. The van der Waals surface area contributed by atoms with Crippen LogP contribution in [0.3, 0.4) is 0 Å². The minimum atomic E-state index is 0.308. The van der Waals surface area contributed by atoms with Crippen molar-refractivity contribution in [2.75, 3.05) is 36.5 Å². The van der Waals surface area contributed by atoms with Crippen molar-refractivity contribution in [3.63, 3.8) is 0 Å². The molecule has 0 aromatic carbocycles. The van der Waals surface area contributed by atoms with Crippen LogP contribution in [0, 0.1) is 0 Å². The number of morpholine rings is 1. The summed E-state index contributed by atoms with van der Waals surface area (Å²) >= 11 is 0. The van der Waals surface area contributed by atoms with Gasteiger partial charge in [0.2, 0.25) is 11.9 Å². The van der Waals surface area contributed by atoms with Crippen molar-refractivity contribution < 1.29 is 9.47 Å². The average molecular weight is 293 g/mol. The largest absolute Gasteiger partial charge is 0.464 e. The van der Waals surface area contributed by atoms with Gasteiger partial charge < -0.3 is 19.7 Å². The second-order valence-corrected chi connectivity index (χ2v) is 5.46. The first-order chi connectivity index (χ1) is 10.3. The lowest BCUT2D eigenvalue weighted by Gasteiger charge is -2.32. The second kappa shape index (κ2) is 6.43. The number of nitrogens with zero attached hydrogens (tertiary/aromatic N) is 4. The maximum Gasteiger partial charge on any atom is 0.323 e. The summed E-state index contributed by atoms with van der Waals surface area (Å²) in [4.78, 5) is 15.5. The van der Waals surface area contributed by atoms with Crippen LogP contribution in [-0.4, -0.2) is 53.4 Å². The number of hydrogen-bond donors (Lipinski definition) is 1. The number of aromatic nitrogens is 3. The van der Waals surface area contributed by atoms with E-state index >= 15 is 0 Å². The molecule has 3 heterocycles. The molecule has 0 aliphatic carbocycles. The highest BCUT2D eigenvalue weighted by molar-refractivity contribution is 5.39. The molecule has 2 aliphatic rings. The van der Waals surface area contributed by atoms with Gasteiger partial charge in [0.15, 0.2) is 0 Å². The number of hydrogen-bond acceptors (Lipinski definition) is 7. The Morgan fingerprint density at radius 3 is 2.62 bits per heavy atom. The lowest BCUT2D eigenvalue weighted by molar-refractivity contribution is 0.0298. The van der Waals surface area contributed by atoms with E-state index in [-0.39, 0.29) is 0 Å². The zero-order valence-electron chi connectivity index (χ0n) is 12.7. The SMILES string of the molecule is CCCNc1nc(OCC)nc(N2CC3CCC(C2)O3)n1. The van der Waals surface area contributed by atoms with Crippen molar-refractivity contribution in [2.24, 2.45) is 0 Å². The Balaban J connectivity index is 1.80. The number of ether oxygens (including phenoxy) is 2. The first kappa shape index (κ1) is 14.3.